The number of anilines is 1. The molecule has 2 aromatic carbocycles. The van der Waals surface area contributed by atoms with Crippen LogP contribution >= 0.6 is 23.2 Å². The normalized spacial score (nSPS) is 16.3. The first-order valence-corrected chi connectivity index (χ1v) is 13.6. The summed E-state index contributed by atoms with van der Waals surface area (Å²) < 4.78 is 57.8. The van der Waals surface area contributed by atoms with Crippen molar-refractivity contribution >= 4 is 54.5 Å². The summed E-state index contributed by atoms with van der Waals surface area (Å²) in [6, 6.07) is 13.0. The molecule has 1 atom stereocenters. The Morgan fingerprint density at radius 1 is 0.909 bits per heavy atom. The Balaban J connectivity index is 1.37. The van der Waals surface area contributed by atoms with Gasteiger partial charge in [0, 0.05) is 22.2 Å². The van der Waals surface area contributed by atoms with Gasteiger partial charge in [-0.3, -0.25) is 10.1 Å². The third-order valence-electron chi connectivity index (χ3n) is 4.60. The lowest BCUT2D eigenvalue weighted by Crippen LogP contribution is -2.31. The highest BCUT2D eigenvalue weighted by atomic mass is 35.5. The van der Waals surface area contributed by atoms with E-state index in [0.29, 0.717) is 21.4 Å². The van der Waals surface area contributed by atoms with Crippen LogP contribution in [0.4, 0.5) is 5.69 Å². The van der Waals surface area contributed by atoms with Gasteiger partial charge in [-0.25, -0.2) is 16.8 Å². The van der Waals surface area contributed by atoms with Gasteiger partial charge in [-0.1, -0.05) is 35.3 Å². The molecule has 174 valence electrons. The topological polar surface area (TPSA) is 144 Å². The van der Waals surface area contributed by atoms with Gasteiger partial charge in [0.25, 0.3) is 0 Å². The van der Waals surface area contributed by atoms with Crippen LogP contribution in [0.1, 0.15) is 23.8 Å². The maximum absolute atomic E-state index is 12.8. The molecule has 1 unspecified atom stereocenters. The molecule has 10 nitrogen and oxygen atoms in total. The Hall–Kier alpha value is -2.67. The Labute approximate surface area is 200 Å². The van der Waals surface area contributed by atoms with Crippen LogP contribution in [0.5, 0.6) is 0 Å². The van der Waals surface area contributed by atoms with Gasteiger partial charge in [0.1, 0.15) is 11.5 Å². The number of aromatic nitrogens is 2. The van der Waals surface area contributed by atoms with Crippen LogP contribution in [0, 0.1) is 0 Å². The summed E-state index contributed by atoms with van der Waals surface area (Å²) in [5.74, 6) is -1.63. The number of hydrogen-bond acceptors (Lipinski definition) is 9. The second kappa shape index (κ2) is 9.29. The average molecular weight is 530 g/mol. The van der Waals surface area contributed by atoms with Gasteiger partial charge in [-0.2, -0.15) is 5.10 Å². The predicted octanol–water partition coefficient (Wildman–Crippen LogP) is 2.96. The van der Waals surface area contributed by atoms with Gasteiger partial charge in [0.15, 0.2) is 15.2 Å². The fourth-order valence-electron chi connectivity index (χ4n) is 3.02. The molecule has 0 radical (unpaired) electrons. The first-order chi connectivity index (χ1) is 15.6. The number of nitrogens with one attached hydrogen (secondary N) is 2. The predicted molar refractivity (Wildman–Crippen MR) is 124 cm³/mol. The first kappa shape index (κ1) is 23.5. The number of sulfone groups is 1. The minimum absolute atomic E-state index is 0.143. The van der Waals surface area contributed by atoms with Crippen LogP contribution in [0.2, 0.25) is 10.0 Å². The number of sulfonamides is 1. The van der Waals surface area contributed by atoms with Gasteiger partial charge in [0.05, 0.1) is 5.71 Å². The largest absolute Gasteiger partial charge is 0.423 e. The minimum Gasteiger partial charge on any atom is -0.423 e. The summed E-state index contributed by atoms with van der Waals surface area (Å²) in [7, 11) is -7.64. The lowest BCUT2D eigenvalue weighted by atomic mass is 10.1. The zero-order chi connectivity index (χ0) is 23.6. The lowest BCUT2D eigenvalue weighted by Gasteiger charge is -2.09. The van der Waals surface area contributed by atoms with E-state index >= 15 is 0 Å². The van der Waals surface area contributed by atoms with E-state index in [4.69, 9.17) is 27.6 Å². The molecular formula is C19H17Cl2N5O5S2. The third-order valence-corrected chi connectivity index (χ3v) is 8.06. The van der Waals surface area contributed by atoms with Crippen molar-refractivity contribution in [2.24, 2.45) is 5.10 Å². The van der Waals surface area contributed by atoms with Crippen molar-refractivity contribution < 1.29 is 21.3 Å². The highest BCUT2D eigenvalue weighted by Gasteiger charge is 2.33. The number of halogens is 2. The lowest BCUT2D eigenvalue weighted by molar-refractivity contribution is 0.470. The molecule has 1 aliphatic heterocycles. The quantitative estimate of drug-likeness (QED) is 0.453. The van der Waals surface area contributed by atoms with Crippen molar-refractivity contribution in [2.45, 2.75) is 23.3 Å². The van der Waals surface area contributed by atoms with Crippen LogP contribution in [0.15, 0.2) is 58.0 Å². The average Bonchev–Trinajstić information content (AvgIpc) is 3.40. The number of benzene rings is 2. The standard InChI is InChI=1S/C19H17Cl2N5O5S2/c20-13-3-1-12(2-4-13)16-9-19(25-22-16)32(27,28)10-17-23-24-18(31-17)11-33(29,30)26-15-7-5-14(21)6-8-15/h1-8,19,25-26H,9-11H2. The summed E-state index contributed by atoms with van der Waals surface area (Å²) >= 11 is 11.7. The van der Waals surface area contributed by atoms with Crippen LogP contribution < -0.4 is 10.1 Å². The zero-order valence-corrected chi connectivity index (χ0v) is 19.9. The Bertz CT molecular complexity index is 1390. The maximum atomic E-state index is 12.8. The summed E-state index contributed by atoms with van der Waals surface area (Å²) in [5, 5.41) is 11.5. The van der Waals surface area contributed by atoms with E-state index in [-0.39, 0.29) is 18.2 Å². The van der Waals surface area contributed by atoms with E-state index in [9.17, 15) is 16.8 Å². The third kappa shape index (κ3) is 6.02. The van der Waals surface area contributed by atoms with Crippen molar-refractivity contribution in [3.63, 3.8) is 0 Å². The van der Waals surface area contributed by atoms with Crippen LogP contribution in [0.25, 0.3) is 0 Å². The molecule has 0 amide bonds. The smallest absolute Gasteiger partial charge is 0.241 e. The molecule has 2 N–H and O–H groups in total. The van der Waals surface area contributed by atoms with Crippen LogP contribution in [-0.2, 0) is 31.4 Å². The fraction of sp³-hybridized carbons (Fsp3) is 0.211. The fourth-order valence-corrected chi connectivity index (χ4v) is 5.57. The van der Waals surface area contributed by atoms with Crippen LogP contribution in [0.3, 0.4) is 0 Å². The molecule has 1 aromatic heterocycles. The molecule has 2 heterocycles. The molecule has 0 fully saturated rings. The van der Waals surface area contributed by atoms with E-state index in [2.05, 4.69) is 25.4 Å². The number of nitrogens with zero attached hydrogens (tertiary/aromatic N) is 3. The van der Waals surface area contributed by atoms with Crippen LogP contribution in [-0.4, -0.2) is 38.1 Å². The minimum atomic E-state index is -3.87. The molecular weight excluding hydrogens is 513 g/mol. The zero-order valence-electron chi connectivity index (χ0n) is 16.8. The number of hydrogen-bond donors (Lipinski definition) is 2. The van der Waals surface area contributed by atoms with Gasteiger partial charge in [-0.05, 0) is 42.0 Å². The van der Waals surface area contributed by atoms with Crippen molar-refractivity contribution in [2.75, 3.05) is 4.72 Å². The molecule has 0 aliphatic carbocycles. The highest BCUT2D eigenvalue weighted by Crippen LogP contribution is 2.21. The molecule has 0 saturated heterocycles. The second-order valence-corrected chi connectivity index (χ2v) is 11.9. The van der Waals surface area contributed by atoms with E-state index in [0.717, 1.165) is 5.56 Å². The van der Waals surface area contributed by atoms with E-state index in [1.54, 1.807) is 24.3 Å². The Morgan fingerprint density at radius 3 is 2.12 bits per heavy atom. The van der Waals surface area contributed by atoms with Crippen molar-refractivity contribution in [3.05, 3.63) is 75.9 Å². The van der Waals surface area contributed by atoms with Gasteiger partial charge in [0.2, 0.25) is 21.8 Å². The molecule has 3 aromatic rings. The molecule has 0 bridgehead atoms. The number of rotatable bonds is 8. The van der Waals surface area contributed by atoms with E-state index < -0.39 is 36.7 Å². The Kier molecular flexibility index (Phi) is 6.61. The maximum Gasteiger partial charge on any atom is 0.241 e. The van der Waals surface area contributed by atoms with E-state index in [1.807, 2.05) is 0 Å². The van der Waals surface area contributed by atoms with Crippen molar-refractivity contribution in [3.8, 4) is 0 Å². The van der Waals surface area contributed by atoms with Gasteiger partial charge < -0.3 is 4.42 Å². The molecule has 0 saturated carbocycles. The summed E-state index contributed by atoms with van der Waals surface area (Å²) in [4.78, 5) is 0. The molecule has 1 aliphatic rings. The highest BCUT2D eigenvalue weighted by molar-refractivity contribution is 7.92. The Morgan fingerprint density at radius 2 is 1.48 bits per heavy atom. The first-order valence-electron chi connectivity index (χ1n) is 9.46. The summed E-state index contributed by atoms with van der Waals surface area (Å²) in [6.45, 7) is 0. The van der Waals surface area contributed by atoms with E-state index in [1.165, 1.54) is 24.3 Å². The molecule has 0 spiro atoms. The van der Waals surface area contributed by atoms with Gasteiger partial charge >= 0.3 is 0 Å². The monoisotopic (exact) mass is 529 g/mol. The van der Waals surface area contributed by atoms with Crippen molar-refractivity contribution in [1.82, 2.24) is 15.6 Å². The molecule has 4 rings (SSSR count). The molecule has 33 heavy (non-hydrogen) atoms. The number of hydrazone groups is 1. The summed E-state index contributed by atoms with van der Waals surface area (Å²) in [6.07, 6.45) is 0.143. The SMILES string of the molecule is O=S(=O)(Cc1nnc(CS(=O)(=O)C2CC(c3ccc(Cl)cc3)=NN2)o1)Nc1ccc(Cl)cc1. The second-order valence-electron chi connectivity index (χ2n) is 7.15. The summed E-state index contributed by atoms with van der Waals surface area (Å²) in [5.41, 5.74) is 4.26. The van der Waals surface area contributed by atoms with Crippen molar-refractivity contribution in [1.29, 1.82) is 0 Å². The van der Waals surface area contributed by atoms with Gasteiger partial charge in [-0.15, -0.1) is 10.2 Å². The molecule has 14 heteroatoms.